The molecule has 3 nitrogen and oxygen atoms in total. The van der Waals surface area contributed by atoms with Crippen molar-refractivity contribution in [2.45, 2.75) is 44.4 Å². The monoisotopic (exact) mass is 566 g/mol. The van der Waals surface area contributed by atoms with Gasteiger partial charge in [0.2, 0.25) is 0 Å². The van der Waals surface area contributed by atoms with Gasteiger partial charge in [0.15, 0.2) is 0 Å². The van der Waals surface area contributed by atoms with Gasteiger partial charge in [-0.05, 0) is 72.1 Å². The number of allylic oxidation sites excluding steroid dienone is 7. The van der Waals surface area contributed by atoms with Crippen molar-refractivity contribution in [3.63, 3.8) is 0 Å². The summed E-state index contributed by atoms with van der Waals surface area (Å²) in [5, 5.41) is 2.95. The van der Waals surface area contributed by atoms with Crippen LogP contribution in [-0.4, -0.2) is 11.3 Å². The summed E-state index contributed by atoms with van der Waals surface area (Å²) in [6.07, 6.45) is 15.3. The summed E-state index contributed by atoms with van der Waals surface area (Å²) in [6, 6.07) is 21.6. The van der Waals surface area contributed by atoms with E-state index in [1.165, 1.54) is 34.4 Å². The van der Waals surface area contributed by atoms with Crippen molar-refractivity contribution in [3.05, 3.63) is 118 Å². The lowest BCUT2D eigenvalue weighted by molar-refractivity contribution is 0.493. The Balaban J connectivity index is 1.23. The molecule has 0 saturated heterocycles. The number of thioether (sulfide) groups is 1. The van der Waals surface area contributed by atoms with Crippen LogP contribution in [0.1, 0.15) is 33.1 Å². The molecule has 5 aliphatic rings. The molecule has 3 heterocycles. The maximum Gasteiger partial charge on any atom is 0.135 e. The molecule has 0 bridgehead atoms. The van der Waals surface area contributed by atoms with Crippen molar-refractivity contribution < 1.29 is 4.42 Å². The Morgan fingerprint density at radius 1 is 0.952 bits per heavy atom. The number of nitrogens with zero attached hydrogens (tertiary/aromatic N) is 1. The van der Waals surface area contributed by atoms with Gasteiger partial charge in [-0.1, -0.05) is 80.6 Å². The Morgan fingerprint density at radius 2 is 1.83 bits per heavy atom. The van der Waals surface area contributed by atoms with E-state index in [-0.39, 0.29) is 6.04 Å². The standard InChI is InChI=1S/C38H34N2OS/c1-21-14-16-27-34(18-21)42-38-35(27)22(2)19-31-36(38)26-9-3-5-12-30(26)40(31)37-24(10-7-11-29(37)39)23-15-17-33-28(20-23)25-8-4-6-13-32(25)41-33/h3-11,13-17,20-22,27,30,34H,12,18-19,39H2,1-2H3. The molecule has 3 aliphatic carbocycles. The van der Waals surface area contributed by atoms with Crippen LogP contribution in [0.2, 0.25) is 0 Å². The zero-order chi connectivity index (χ0) is 28.1. The first kappa shape index (κ1) is 24.7. The van der Waals surface area contributed by atoms with Gasteiger partial charge in [-0.2, -0.15) is 0 Å². The second-order valence-corrected chi connectivity index (χ2v) is 14.0. The lowest BCUT2D eigenvalue weighted by Crippen LogP contribution is -2.33. The first-order chi connectivity index (χ1) is 20.6. The molecule has 0 radical (unpaired) electrons. The van der Waals surface area contributed by atoms with Gasteiger partial charge < -0.3 is 15.1 Å². The first-order valence-electron chi connectivity index (χ1n) is 15.4. The normalized spacial score (nSPS) is 27.9. The van der Waals surface area contributed by atoms with Crippen LogP contribution >= 0.6 is 11.8 Å². The Labute approximate surface area is 251 Å². The van der Waals surface area contributed by atoms with Crippen molar-refractivity contribution >= 4 is 45.1 Å². The molecule has 42 heavy (non-hydrogen) atoms. The lowest BCUT2D eigenvalue weighted by atomic mass is 9.75. The number of nitrogen functional groups attached to an aromatic ring is 1. The van der Waals surface area contributed by atoms with Crippen LogP contribution in [0.5, 0.6) is 0 Å². The van der Waals surface area contributed by atoms with Crippen molar-refractivity contribution in [2.24, 2.45) is 17.8 Å². The van der Waals surface area contributed by atoms with E-state index in [4.69, 9.17) is 10.2 Å². The lowest BCUT2D eigenvalue weighted by Gasteiger charge is -2.35. The minimum atomic E-state index is 0.263. The molecule has 5 unspecified atom stereocenters. The van der Waals surface area contributed by atoms with E-state index >= 15 is 0 Å². The van der Waals surface area contributed by atoms with E-state index in [1.807, 2.05) is 12.1 Å². The van der Waals surface area contributed by atoms with Crippen LogP contribution < -0.4 is 10.6 Å². The number of furan rings is 1. The van der Waals surface area contributed by atoms with Crippen LogP contribution in [0.4, 0.5) is 11.4 Å². The van der Waals surface area contributed by atoms with Gasteiger partial charge in [0.25, 0.3) is 0 Å². The van der Waals surface area contributed by atoms with E-state index in [9.17, 15) is 0 Å². The highest BCUT2D eigenvalue weighted by molar-refractivity contribution is 8.04. The molecule has 3 aromatic carbocycles. The Morgan fingerprint density at radius 3 is 2.76 bits per heavy atom. The van der Waals surface area contributed by atoms with E-state index < -0.39 is 0 Å². The van der Waals surface area contributed by atoms with Gasteiger partial charge in [0.1, 0.15) is 11.2 Å². The van der Waals surface area contributed by atoms with Crippen LogP contribution in [0.3, 0.4) is 0 Å². The van der Waals surface area contributed by atoms with Crippen molar-refractivity contribution in [3.8, 4) is 11.1 Å². The molecule has 4 aromatic rings. The molecule has 4 heteroatoms. The summed E-state index contributed by atoms with van der Waals surface area (Å²) in [5.74, 6) is 1.74. The van der Waals surface area contributed by atoms with E-state index in [0.717, 1.165) is 46.2 Å². The van der Waals surface area contributed by atoms with Crippen molar-refractivity contribution in [1.29, 1.82) is 0 Å². The summed E-state index contributed by atoms with van der Waals surface area (Å²) in [5.41, 5.74) is 19.3. The van der Waals surface area contributed by atoms with Crippen molar-refractivity contribution in [1.82, 2.24) is 0 Å². The van der Waals surface area contributed by atoms with Crippen LogP contribution in [0.15, 0.2) is 123 Å². The Bertz CT molecular complexity index is 1970. The Kier molecular flexibility index (Phi) is 5.32. The van der Waals surface area contributed by atoms with Crippen molar-refractivity contribution in [2.75, 3.05) is 10.6 Å². The molecule has 0 spiro atoms. The maximum atomic E-state index is 6.97. The average molecular weight is 567 g/mol. The van der Waals surface area contributed by atoms with Gasteiger partial charge in [0.05, 0.1) is 17.4 Å². The fraction of sp³-hybridized carbons (Fsp3) is 0.263. The number of hydrogen-bond acceptors (Lipinski definition) is 4. The minimum Gasteiger partial charge on any atom is -0.456 e. The van der Waals surface area contributed by atoms with Gasteiger partial charge in [-0.3, -0.25) is 0 Å². The summed E-state index contributed by atoms with van der Waals surface area (Å²) < 4.78 is 6.17. The van der Waals surface area contributed by atoms with Gasteiger partial charge in [0, 0.05) is 43.7 Å². The van der Waals surface area contributed by atoms with E-state index in [2.05, 4.69) is 109 Å². The largest absolute Gasteiger partial charge is 0.456 e. The fourth-order valence-corrected chi connectivity index (χ4v) is 10.2. The molecule has 2 N–H and O–H groups in total. The Hall–Kier alpha value is -3.89. The second-order valence-electron chi connectivity index (χ2n) is 12.7. The highest BCUT2D eigenvalue weighted by atomic mass is 32.2. The quantitative estimate of drug-likeness (QED) is 0.194. The van der Waals surface area contributed by atoms with Gasteiger partial charge >= 0.3 is 0 Å². The summed E-state index contributed by atoms with van der Waals surface area (Å²) in [6.45, 7) is 4.82. The van der Waals surface area contributed by atoms with E-state index in [1.54, 1.807) is 10.5 Å². The minimum absolute atomic E-state index is 0.263. The molecule has 0 saturated carbocycles. The third kappa shape index (κ3) is 3.42. The van der Waals surface area contributed by atoms with Gasteiger partial charge in [-0.25, -0.2) is 0 Å². The molecule has 208 valence electrons. The highest BCUT2D eigenvalue weighted by Gasteiger charge is 2.49. The number of para-hydroxylation sites is 2. The number of nitrogens with two attached hydrogens (primary N) is 1. The molecule has 0 amide bonds. The third-order valence-electron chi connectivity index (χ3n) is 10.1. The summed E-state index contributed by atoms with van der Waals surface area (Å²) >= 11 is 2.16. The third-order valence-corrected chi connectivity index (χ3v) is 11.6. The number of anilines is 2. The number of hydrogen-bond donors (Lipinski definition) is 1. The first-order valence-corrected chi connectivity index (χ1v) is 16.2. The number of fused-ring (bicyclic) bond motifs is 8. The summed E-state index contributed by atoms with van der Waals surface area (Å²) in [7, 11) is 0. The molecule has 2 aliphatic heterocycles. The van der Waals surface area contributed by atoms with Gasteiger partial charge in [-0.15, -0.1) is 11.8 Å². The average Bonchev–Trinajstić information content (AvgIpc) is 3.66. The van der Waals surface area contributed by atoms with Crippen LogP contribution in [-0.2, 0) is 0 Å². The molecule has 1 aromatic heterocycles. The molecule has 0 fully saturated rings. The number of benzene rings is 3. The topological polar surface area (TPSA) is 42.4 Å². The predicted octanol–water partition coefficient (Wildman–Crippen LogP) is 9.79. The number of rotatable bonds is 2. The van der Waals surface area contributed by atoms with Crippen LogP contribution in [0.25, 0.3) is 33.1 Å². The second kappa shape index (κ2) is 9.05. The highest BCUT2D eigenvalue weighted by Crippen LogP contribution is 2.61. The van der Waals surface area contributed by atoms with E-state index in [0.29, 0.717) is 23.0 Å². The maximum absolute atomic E-state index is 6.97. The molecular weight excluding hydrogens is 532 g/mol. The molecular formula is C38H34N2OS. The SMILES string of the molecule is CC1C=CC2C3=C(SC2C1)C1=C(CC3C)N(c2c(N)cccc2-c2ccc3oc4ccccc4c3c2)C2CC=CC=C12. The summed E-state index contributed by atoms with van der Waals surface area (Å²) in [4.78, 5) is 4.20. The molecule has 5 atom stereocenters. The zero-order valence-corrected chi connectivity index (χ0v) is 24.8. The smallest absolute Gasteiger partial charge is 0.135 e. The zero-order valence-electron chi connectivity index (χ0n) is 24.0. The predicted molar refractivity (Wildman–Crippen MR) is 177 cm³/mol. The van der Waals surface area contributed by atoms with Crippen LogP contribution in [0, 0.1) is 17.8 Å². The molecule has 9 rings (SSSR count). The fourth-order valence-electron chi connectivity index (χ4n) is 8.27.